The van der Waals surface area contributed by atoms with Gasteiger partial charge in [-0.1, -0.05) is 42.0 Å². The topological polar surface area (TPSA) is 50.4 Å². The largest absolute Gasteiger partial charge is 0.508 e. The van der Waals surface area contributed by atoms with Gasteiger partial charge in [-0.25, -0.2) is 0 Å². The van der Waals surface area contributed by atoms with E-state index in [4.69, 9.17) is 4.42 Å². The molecule has 3 heteroatoms. The summed E-state index contributed by atoms with van der Waals surface area (Å²) in [6, 6.07) is 26.9. The molecule has 5 aromatic carbocycles. The molecular formula is C28H18O3. The molecule has 0 amide bonds. The summed E-state index contributed by atoms with van der Waals surface area (Å²) in [5.41, 5.74) is 4.89. The fourth-order valence-corrected chi connectivity index (χ4v) is 4.54. The van der Waals surface area contributed by atoms with Crippen molar-refractivity contribution in [2.24, 2.45) is 0 Å². The number of aromatic hydroxyl groups is 1. The lowest BCUT2D eigenvalue weighted by molar-refractivity contribution is 0.476. The first-order valence-corrected chi connectivity index (χ1v) is 10.2. The molecule has 0 saturated heterocycles. The third-order valence-corrected chi connectivity index (χ3v) is 5.95. The molecule has 6 aromatic rings. The van der Waals surface area contributed by atoms with E-state index in [0.29, 0.717) is 0 Å². The molecule has 6 rings (SSSR count). The van der Waals surface area contributed by atoms with Gasteiger partial charge in [-0.2, -0.15) is 0 Å². The third kappa shape index (κ3) is 2.71. The van der Waals surface area contributed by atoms with E-state index in [1.54, 1.807) is 24.3 Å². The first-order valence-electron chi connectivity index (χ1n) is 10.2. The zero-order valence-electron chi connectivity index (χ0n) is 16.8. The monoisotopic (exact) mass is 402 g/mol. The van der Waals surface area contributed by atoms with E-state index in [1.807, 2.05) is 30.3 Å². The Balaban J connectivity index is 1.89. The van der Waals surface area contributed by atoms with Gasteiger partial charge in [0.2, 0.25) is 0 Å². The van der Waals surface area contributed by atoms with E-state index in [-0.39, 0.29) is 11.2 Å². The summed E-state index contributed by atoms with van der Waals surface area (Å²) in [7, 11) is 0. The Bertz CT molecular complexity index is 1720. The molecule has 0 aliphatic heterocycles. The van der Waals surface area contributed by atoms with Crippen molar-refractivity contribution in [2.45, 2.75) is 6.92 Å². The molecule has 0 bridgehead atoms. The van der Waals surface area contributed by atoms with Crippen LogP contribution < -0.4 is 5.43 Å². The standard InChI is InChI=1S/C28H18O3/c1-16-3-2-4-19(13-16)26-24-9-5-17-14-20(29)7-11-22(17)27(24)31-28-23-12-8-21(30)15-18(23)6-10-25(26)28/h2-15,29H,1H3. The Kier molecular flexibility index (Phi) is 3.68. The summed E-state index contributed by atoms with van der Waals surface area (Å²) in [6.07, 6.45) is 0. The lowest BCUT2D eigenvalue weighted by Crippen LogP contribution is -1.95. The van der Waals surface area contributed by atoms with Crippen LogP contribution in [0, 0.1) is 6.92 Å². The van der Waals surface area contributed by atoms with Gasteiger partial charge < -0.3 is 9.52 Å². The average Bonchev–Trinajstić information content (AvgIpc) is 2.76. The molecule has 1 N–H and O–H groups in total. The highest BCUT2D eigenvalue weighted by Crippen LogP contribution is 2.41. The average molecular weight is 402 g/mol. The molecule has 0 unspecified atom stereocenters. The highest BCUT2D eigenvalue weighted by molar-refractivity contribution is 6.19. The first-order chi connectivity index (χ1) is 15.1. The molecular weight excluding hydrogens is 384 g/mol. The Morgan fingerprint density at radius 1 is 0.677 bits per heavy atom. The van der Waals surface area contributed by atoms with Crippen molar-refractivity contribution >= 4 is 43.5 Å². The van der Waals surface area contributed by atoms with Crippen molar-refractivity contribution < 1.29 is 9.52 Å². The maximum Gasteiger partial charge on any atom is 0.179 e. The SMILES string of the molecule is Cc1cccc(-c2c3ccc4cc(O)ccc4c3oc3c2ccc2cc(=O)ccc23)c1. The molecule has 0 atom stereocenters. The highest BCUT2D eigenvalue weighted by atomic mass is 16.3. The predicted molar refractivity (Wildman–Crippen MR) is 127 cm³/mol. The molecule has 1 heterocycles. The second-order valence-electron chi connectivity index (χ2n) is 8.02. The number of fused-ring (bicyclic) bond motifs is 6. The number of benzene rings is 5. The van der Waals surface area contributed by atoms with Gasteiger partial charge in [0, 0.05) is 27.1 Å². The summed E-state index contributed by atoms with van der Waals surface area (Å²) in [6.45, 7) is 2.09. The van der Waals surface area contributed by atoms with Crippen molar-refractivity contribution in [3.63, 3.8) is 0 Å². The van der Waals surface area contributed by atoms with Crippen LogP contribution in [-0.4, -0.2) is 5.11 Å². The summed E-state index contributed by atoms with van der Waals surface area (Å²) in [4.78, 5) is 11.9. The second-order valence-corrected chi connectivity index (χ2v) is 8.02. The van der Waals surface area contributed by atoms with Crippen molar-refractivity contribution in [1.82, 2.24) is 0 Å². The lowest BCUT2D eigenvalue weighted by atomic mass is 9.93. The van der Waals surface area contributed by atoms with Crippen LogP contribution >= 0.6 is 0 Å². The maximum atomic E-state index is 11.9. The van der Waals surface area contributed by atoms with Crippen LogP contribution in [-0.2, 0) is 0 Å². The van der Waals surface area contributed by atoms with Crippen molar-refractivity contribution in [1.29, 1.82) is 0 Å². The molecule has 0 aliphatic carbocycles. The molecule has 1 aromatic heterocycles. The first kappa shape index (κ1) is 17.7. The Morgan fingerprint density at radius 3 is 2.03 bits per heavy atom. The molecule has 3 nitrogen and oxygen atoms in total. The summed E-state index contributed by atoms with van der Waals surface area (Å²) >= 11 is 0. The molecule has 0 fully saturated rings. The van der Waals surface area contributed by atoms with E-state index in [1.165, 1.54) is 5.56 Å². The second kappa shape index (κ2) is 6.44. The third-order valence-electron chi connectivity index (χ3n) is 5.95. The van der Waals surface area contributed by atoms with Gasteiger partial charge in [-0.3, -0.25) is 4.79 Å². The van der Waals surface area contributed by atoms with Crippen molar-refractivity contribution in [3.05, 3.63) is 101 Å². The molecule has 0 aliphatic rings. The van der Waals surface area contributed by atoms with Gasteiger partial charge in [-0.05, 0) is 71.8 Å². The molecule has 0 spiro atoms. The van der Waals surface area contributed by atoms with Gasteiger partial charge in [0.1, 0.15) is 16.9 Å². The minimum Gasteiger partial charge on any atom is -0.508 e. The van der Waals surface area contributed by atoms with Crippen LogP contribution in [0.15, 0.2) is 94.1 Å². The summed E-state index contributed by atoms with van der Waals surface area (Å²) < 4.78 is 6.56. The van der Waals surface area contributed by atoms with E-state index in [2.05, 4.69) is 37.3 Å². The molecule has 0 radical (unpaired) electrons. The van der Waals surface area contributed by atoms with Crippen LogP contribution in [0.5, 0.6) is 5.75 Å². The number of phenolic OH excluding ortho intramolecular Hbond substituents is 1. The van der Waals surface area contributed by atoms with Crippen LogP contribution in [0.2, 0.25) is 0 Å². The quantitative estimate of drug-likeness (QED) is 0.239. The number of phenols is 1. The Labute approximate surface area is 177 Å². The molecule has 148 valence electrons. The van der Waals surface area contributed by atoms with Gasteiger partial charge in [0.15, 0.2) is 5.43 Å². The summed E-state index contributed by atoms with van der Waals surface area (Å²) in [5.74, 6) is 0.222. The fraction of sp³-hybridized carbons (Fsp3) is 0.0357. The summed E-state index contributed by atoms with van der Waals surface area (Å²) in [5, 5.41) is 15.6. The van der Waals surface area contributed by atoms with E-state index in [9.17, 15) is 9.90 Å². The van der Waals surface area contributed by atoms with Gasteiger partial charge in [-0.15, -0.1) is 0 Å². The normalized spacial score (nSPS) is 11.6. The van der Waals surface area contributed by atoms with Crippen molar-refractivity contribution in [2.75, 3.05) is 0 Å². The number of aryl methyl sites for hydroxylation is 1. The number of hydrogen-bond donors (Lipinski definition) is 1. The van der Waals surface area contributed by atoms with Crippen molar-refractivity contribution in [3.8, 4) is 16.9 Å². The zero-order valence-corrected chi connectivity index (χ0v) is 16.8. The van der Waals surface area contributed by atoms with Crippen LogP contribution in [0.25, 0.3) is 54.6 Å². The Morgan fingerprint density at radius 2 is 1.32 bits per heavy atom. The lowest BCUT2D eigenvalue weighted by Gasteiger charge is -2.15. The van der Waals surface area contributed by atoms with E-state index in [0.717, 1.165) is 54.6 Å². The molecule has 0 saturated carbocycles. The van der Waals surface area contributed by atoms with Gasteiger partial charge in [0.25, 0.3) is 0 Å². The molecule has 31 heavy (non-hydrogen) atoms. The minimum atomic E-state index is -0.0209. The smallest absolute Gasteiger partial charge is 0.179 e. The van der Waals surface area contributed by atoms with Crippen LogP contribution in [0.1, 0.15) is 5.56 Å². The Hall–Kier alpha value is -4.11. The number of hydrogen-bond acceptors (Lipinski definition) is 3. The van der Waals surface area contributed by atoms with Crippen LogP contribution in [0.4, 0.5) is 0 Å². The predicted octanol–water partition coefficient (Wildman–Crippen LogP) is 6.93. The van der Waals surface area contributed by atoms with Gasteiger partial charge in [0.05, 0.1) is 0 Å². The minimum absolute atomic E-state index is 0.0209. The van der Waals surface area contributed by atoms with E-state index < -0.39 is 0 Å². The van der Waals surface area contributed by atoms with Gasteiger partial charge >= 0.3 is 0 Å². The highest BCUT2D eigenvalue weighted by Gasteiger charge is 2.16. The van der Waals surface area contributed by atoms with E-state index >= 15 is 0 Å². The number of rotatable bonds is 1. The zero-order chi connectivity index (χ0) is 21.1. The fourth-order valence-electron chi connectivity index (χ4n) is 4.54. The van der Waals surface area contributed by atoms with Crippen LogP contribution in [0.3, 0.4) is 0 Å². The maximum absolute atomic E-state index is 11.9.